The van der Waals surface area contributed by atoms with E-state index in [9.17, 15) is 0 Å². The molecular weight excluding hydrogens is 128 g/mol. The quantitative estimate of drug-likeness (QED) is 0.468. The monoisotopic (exact) mass is 134 g/mol. The van der Waals surface area contributed by atoms with Crippen molar-refractivity contribution in [1.29, 1.82) is 0 Å². The van der Waals surface area contributed by atoms with E-state index in [2.05, 4.69) is 17.6 Å². The zero-order valence-corrected chi connectivity index (χ0v) is 5.38. The molecule has 40 valence electrons. The number of hydrogen-bond acceptors (Lipinski definition) is 4. The van der Waals surface area contributed by atoms with Crippen LogP contribution in [0.1, 0.15) is 0 Å². The van der Waals surface area contributed by atoms with Crippen LogP contribution >= 0.6 is 24.4 Å². The minimum absolute atomic E-state index is 0.306. The molecule has 1 unspecified atom stereocenters. The van der Waals surface area contributed by atoms with Gasteiger partial charge in [-0.05, 0) is 0 Å². The van der Waals surface area contributed by atoms with Gasteiger partial charge in [-0.3, -0.25) is 4.99 Å². The largest absolute Gasteiger partial charge is 0.379 e. The molecule has 0 aromatic carbocycles. The lowest BCUT2D eigenvalue weighted by atomic mass is 10.8. The minimum atomic E-state index is 0.306. The van der Waals surface area contributed by atoms with E-state index in [0.29, 0.717) is 9.75 Å². The molecule has 0 aromatic rings. The van der Waals surface area contributed by atoms with Crippen molar-refractivity contribution in [3.63, 3.8) is 0 Å². The molecule has 0 amide bonds. The Bertz CT molecular complexity index is 101. The van der Waals surface area contributed by atoms with E-state index in [-0.39, 0.29) is 0 Å². The summed E-state index contributed by atoms with van der Waals surface area (Å²) >= 11 is 5.63. The number of amidine groups is 1. The highest BCUT2D eigenvalue weighted by Gasteiger charge is 2.11. The Labute approximate surface area is 52.0 Å². The average Bonchev–Trinajstić information content (AvgIpc) is 1.87. The second kappa shape index (κ2) is 1.96. The highest BCUT2D eigenvalue weighted by atomic mass is 32.2. The number of aliphatic imine (C=N–C) groups is 1. The molecule has 0 saturated heterocycles. The van der Waals surface area contributed by atoms with Gasteiger partial charge in [0, 0.05) is 0 Å². The van der Waals surface area contributed by atoms with Crippen molar-refractivity contribution in [3.05, 3.63) is 0 Å². The maximum atomic E-state index is 5.29. The van der Waals surface area contributed by atoms with Gasteiger partial charge in [0.05, 0.1) is 11.1 Å². The maximum Gasteiger partial charge on any atom is 0.155 e. The van der Waals surface area contributed by atoms with Gasteiger partial charge in [-0.25, -0.2) is 0 Å². The van der Waals surface area contributed by atoms with Crippen molar-refractivity contribution in [2.75, 3.05) is 6.54 Å². The van der Waals surface area contributed by atoms with Crippen LogP contribution in [0.4, 0.5) is 0 Å². The number of thiol groups is 1. The van der Waals surface area contributed by atoms with E-state index in [1.54, 1.807) is 0 Å². The van der Waals surface area contributed by atoms with Crippen LogP contribution in [0.2, 0.25) is 0 Å². The molecule has 1 rings (SSSR count). The van der Waals surface area contributed by atoms with Gasteiger partial charge in [0.15, 0.2) is 5.17 Å². The summed E-state index contributed by atoms with van der Waals surface area (Å²) in [5.41, 5.74) is 5.29. The molecule has 0 radical (unpaired) electrons. The summed E-state index contributed by atoms with van der Waals surface area (Å²) in [4.78, 5) is 3.90. The third-order valence-electron chi connectivity index (χ3n) is 0.660. The van der Waals surface area contributed by atoms with Crippen LogP contribution in [-0.2, 0) is 0 Å². The first-order valence-corrected chi connectivity index (χ1v) is 3.33. The van der Waals surface area contributed by atoms with E-state index in [4.69, 9.17) is 5.73 Å². The third-order valence-corrected chi connectivity index (χ3v) is 1.93. The molecule has 7 heavy (non-hydrogen) atoms. The number of rotatable bonds is 0. The highest BCUT2D eigenvalue weighted by Crippen LogP contribution is 2.20. The fraction of sp³-hybridized carbons (Fsp3) is 0.667. The van der Waals surface area contributed by atoms with Crippen LogP contribution < -0.4 is 5.73 Å². The summed E-state index contributed by atoms with van der Waals surface area (Å²) in [5, 5.41) is 0.667. The summed E-state index contributed by atoms with van der Waals surface area (Å²) in [7, 11) is 0. The highest BCUT2D eigenvalue weighted by molar-refractivity contribution is 8.21. The Morgan fingerprint density at radius 2 is 2.71 bits per heavy atom. The first-order chi connectivity index (χ1) is 3.29. The van der Waals surface area contributed by atoms with Crippen molar-refractivity contribution >= 4 is 29.6 Å². The number of hydrogen-bond donors (Lipinski definition) is 2. The minimum Gasteiger partial charge on any atom is -0.379 e. The van der Waals surface area contributed by atoms with Crippen molar-refractivity contribution in [3.8, 4) is 0 Å². The van der Waals surface area contributed by atoms with Gasteiger partial charge >= 0.3 is 0 Å². The van der Waals surface area contributed by atoms with Gasteiger partial charge in [0.25, 0.3) is 0 Å². The number of nitrogens with zero attached hydrogens (tertiary/aromatic N) is 1. The molecule has 0 aromatic heterocycles. The second-order valence-corrected chi connectivity index (χ2v) is 3.45. The van der Waals surface area contributed by atoms with Crippen molar-refractivity contribution in [1.82, 2.24) is 0 Å². The molecule has 0 fully saturated rings. The predicted molar refractivity (Wildman–Crippen MR) is 36.9 cm³/mol. The summed E-state index contributed by atoms with van der Waals surface area (Å²) < 4.78 is 0.306. The fourth-order valence-electron chi connectivity index (χ4n) is 0.382. The van der Waals surface area contributed by atoms with E-state index in [0.717, 1.165) is 6.54 Å². The van der Waals surface area contributed by atoms with Crippen molar-refractivity contribution < 1.29 is 0 Å². The molecule has 2 nitrogen and oxygen atoms in total. The summed E-state index contributed by atoms with van der Waals surface area (Å²) in [6.07, 6.45) is 0. The van der Waals surface area contributed by atoms with E-state index < -0.39 is 0 Å². The standard InChI is InChI=1S/C3H6N2S2/c4-3-5-1-2(6)7-3/h2,6H,1H2,(H2,4,5). The molecule has 1 aliphatic heterocycles. The molecule has 1 aliphatic rings. The van der Waals surface area contributed by atoms with Gasteiger partial charge in [-0.2, -0.15) is 12.6 Å². The first kappa shape index (κ1) is 5.31. The van der Waals surface area contributed by atoms with Crippen LogP contribution in [0.15, 0.2) is 4.99 Å². The normalized spacial score (nSPS) is 30.4. The summed E-state index contributed by atoms with van der Waals surface area (Å²) in [6.45, 7) is 0.764. The molecule has 0 spiro atoms. The molecule has 0 aliphatic carbocycles. The van der Waals surface area contributed by atoms with Gasteiger partial charge in [0.1, 0.15) is 0 Å². The van der Waals surface area contributed by atoms with Gasteiger partial charge in [-0.15, -0.1) is 0 Å². The molecule has 0 bridgehead atoms. The topological polar surface area (TPSA) is 38.4 Å². The zero-order chi connectivity index (χ0) is 5.28. The Kier molecular flexibility index (Phi) is 1.49. The van der Waals surface area contributed by atoms with Crippen LogP contribution in [0.5, 0.6) is 0 Å². The molecule has 4 heteroatoms. The van der Waals surface area contributed by atoms with Gasteiger partial charge in [-0.1, -0.05) is 11.8 Å². The second-order valence-electron chi connectivity index (χ2n) is 1.25. The van der Waals surface area contributed by atoms with Crippen LogP contribution in [0, 0.1) is 0 Å². The van der Waals surface area contributed by atoms with Crippen LogP contribution in [-0.4, -0.2) is 16.3 Å². The van der Waals surface area contributed by atoms with E-state index >= 15 is 0 Å². The summed E-state index contributed by atoms with van der Waals surface area (Å²) in [6, 6.07) is 0. The Morgan fingerprint density at radius 3 is 2.86 bits per heavy atom. The smallest absolute Gasteiger partial charge is 0.155 e. The lowest BCUT2D eigenvalue weighted by molar-refractivity contribution is 1.13. The van der Waals surface area contributed by atoms with E-state index in [1.165, 1.54) is 11.8 Å². The number of thioether (sulfide) groups is 1. The molecule has 1 atom stereocenters. The zero-order valence-electron chi connectivity index (χ0n) is 3.66. The summed E-state index contributed by atoms with van der Waals surface area (Å²) in [5.74, 6) is 0. The maximum absolute atomic E-state index is 5.29. The number of nitrogens with two attached hydrogens (primary N) is 1. The Balaban J connectivity index is 2.42. The van der Waals surface area contributed by atoms with Crippen molar-refractivity contribution in [2.45, 2.75) is 4.58 Å². The molecule has 2 N–H and O–H groups in total. The molecular formula is C3H6N2S2. The van der Waals surface area contributed by atoms with Gasteiger partial charge < -0.3 is 5.73 Å². The lowest BCUT2D eigenvalue weighted by Crippen LogP contribution is -2.02. The van der Waals surface area contributed by atoms with Crippen molar-refractivity contribution in [2.24, 2.45) is 10.7 Å². The van der Waals surface area contributed by atoms with Gasteiger partial charge in [0.2, 0.25) is 0 Å². The fourth-order valence-corrected chi connectivity index (χ4v) is 1.36. The Morgan fingerprint density at radius 1 is 2.00 bits per heavy atom. The molecule has 1 heterocycles. The molecule has 0 saturated carbocycles. The van der Waals surface area contributed by atoms with Crippen LogP contribution in [0.25, 0.3) is 0 Å². The SMILES string of the molecule is NC1=NCC(S)S1. The first-order valence-electron chi connectivity index (χ1n) is 1.93. The lowest BCUT2D eigenvalue weighted by Gasteiger charge is -1.90. The Hall–Kier alpha value is 0.170. The third kappa shape index (κ3) is 1.28. The average molecular weight is 134 g/mol. The van der Waals surface area contributed by atoms with Crippen LogP contribution in [0.3, 0.4) is 0 Å². The predicted octanol–water partition coefficient (Wildman–Crippen LogP) is 0.304. The van der Waals surface area contributed by atoms with E-state index in [1.807, 2.05) is 0 Å².